The molecule has 1 aromatic rings. The first-order valence-electron chi connectivity index (χ1n) is 5.90. The maximum absolute atomic E-state index is 11.3. The Morgan fingerprint density at radius 2 is 2.26 bits per heavy atom. The Kier molecular flexibility index (Phi) is 5.07. The zero-order valence-corrected chi connectivity index (χ0v) is 11.3. The van der Waals surface area contributed by atoms with Crippen molar-refractivity contribution < 1.29 is 9.53 Å². The molecule has 5 nitrogen and oxygen atoms in total. The maximum atomic E-state index is 11.3. The van der Waals surface area contributed by atoms with Gasteiger partial charge in [-0.2, -0.15) is 5.26 Å². The molecule has 1 rings (SSSR count). The topological polar surface area (TPSA) is 75.0 Å². The summed E-state index contributed by atoms with van der Waals surface area (Å²) < 4.78 is 5.08. The van der Waals surface area contributed by atoms with Gasteiger partial charge in [-0.1, -0.05) is 6.08 Å². The minimum Gasteiger partial charge on any atom is -0.444 e. The summed E-state index contributed by atoms with van der Waals surface area (Å²) in [6.07, 6.45) is 4.57. The molecule has 19 heavy (non-hydrogen) atoms. The van der Waals surface area contributed by atoms with Crippen molar-refractivity contribution in [2.75, 3.05) is 6.54 Å². The van der Waals surface area contributed by atoms with Crippen molar-refractivity contribution in [1.82, 2.24) is 10.3 Å². The summed E-state index contributed by atoms with van der Waals surface area (Å²) in [5.41, 5.74) is 0.747. The number of hydrogen-bond acceptors (Lipinski definition) is 4. The number of alkyl carbamates (subject to hydrolysis) is 1. The van der Waals surface area contributed by atoms with Crippen LogP contribution in [0.3, 0.4) is 0 Å². The van der Waals surface area contributed by atoms with Gasteiger partial charge in [0.1, 0.15) is 11.7 Å². The van der Waals surface area contributed by atoms with Gasteiger partial charge in [0.05, 0.1) is 11.3 Å². The molecule has 0 aliphatic heterocycles. The van der Waals surface area contributed by atoms with E-state index in [0.717, 1.165) is 5.69 Å². The first-order chi connectivity index (χ1) is 8.90. The highest BCUT2D eigenvalue weighted by Gasteiger charge is 2.14. The lowest BCUT2D eigenvalue weighted by Gasteiger charge is -2.19. The predicted octanol–water partition coefficient (Wildman–Crippen LogP) is 2.49. The second-order valence-electron chi connectivity index (χ2n) is 4.87. The van der Waals surface area contributed by atoms with Gasteiger partial charge in [-0.25, -0.2) is 4.79 Å². The SMILES string of the molecule is CC(C)(C)OC(=O)NCC=Cc1ccc(C#N)cn1. The van der Waals surface area contributed by atoms with Crippen LogP contribution in [0.1, 0.15) is 32.0 Å². The molecule has 0 aromatic carbocycles. The third-order valence-corrected chi connectivity index (χ3v) is 1.97. The zero-order valence-electron chi connectivity index (χ0n) is 11.3. The van der Waals surface area contributed by atoms with Crippen LogP contribution in [-0.4, -0.2) is 23.2 Å². The Bertz CT molecular complexity index is 493. The van der Waals surface area contributed by atoms with Gasteiger partial charge >= 0.3 is 6.09 Å². The molecule has 0 fully saturated rings. The number of hydrogen-bond donors (Lipinski definition) is 1. The van der Waals surface area contributed by atoms with Gasteiger partial charge in [-0.05, 0) is 39.0 Å². The van der Waals surface area contributed by atoms with E-state index in [0.29, 0.717) is 12.1 Å². The van der Waals surface area contributed by atoms with Gasteiger partial charge in [-0.3, -0.25) is 4.98 Å². The van der Waals surface area contributed by atoms with E-state index >= 15 is 0 Å². The van der Waals surface area contributed by atoms with Gasteiger partial charge in [-0.15, -0.1) is 0 Å². The molecule has 0 spiro atoms. The average Bonchev–Trinajstić information content (AvgIpc) is 2.33. The number of nitrogens with zero attached hydrogens (tertiary/aromatic N) is 2. The Balaban J connectivity index is 2.38. The summed E-state index contributed by atoms with van der Waals surface area (Å²) in [5.74, 6) is 0. The molecule has 0 radical (unpaired) electrons. The first-order valence-corrected chi connectivity index (χ1v) is 5.90. The first kappa shape index (κ1) is 14.7. The van der Waals surface area contributed by atoms with E-state index in [9.17, 15) is 4.79 Å². The van der Waals surface area contributed by atoms with E-state index in [-0.39, 0.29) is 0 Å². The summed E-state index contributed by atoms with van der Waals surface area (Å²) in [6, 6.07) is 5.43. The Morgan fingerprint density at radius 3 is 2.79 bits per heavy atom. The molecule has 100 valence electrons. The number of rotatable bonds is 3. The van der Waals surface area contributed by atoms with E-state index in [1.807, 2.05) is 26.8 Å². The van der Waals surface area contributed by atoms with Gasteiger partial charge in [0.25, 0.3) is 0 Å². The normalized spacial score (nSPS) is 11.1. The van der Waals surface area contributed by atoms with Crippen molar-refractivity contribution in [2.45, 2.75) is 26.4 Å². The lowest BCUT2D eigenvalue weighted by atomic mass is 10.2. The van der Waals surface area contributed by atoms with Crippen LogP contribution in [0.25, 0.3) is 6.08 Å². The summed E-state index contributed by atoms with van der Waals surface area (Å²) in [4.78, 5) is 15.4. The molecule has 0 aliphatic carbocycles. The number of carbonyl (C=O) groups is 1. The molecule has 0 saturated carbocycles. The van der Waals surface area contributed by atoms with Crippen molar-refractivity contribution in [3.05, 3.63) is 35.7 Å². The molecule has 0 unspecified atom stereocenters. The molecule has 1 aromatic heterocycles. The second-order valence-corrected chi connectivity index (χ2v) is 4.87. The van der Waals surface area contributed by atoms with Crippen molar-refractivity contribution in [2.24, 2.45) is 0 Å². The predicted molar refractivity (Wildman–Crippen MR) is 72.2 cm³/mol. The van der Waals surface area contributed by atoms with Crippen molar-refractivity contribution >= 4 is 12.2 Å². The van der Waals surface area contributed by atoms with Gasteiger partial charge in [0.15, 0.2) is 0 Å². The number of nitrogens with one attached hydrogen (secondary N) is 1. The third-order valence-electron chi connectivity index (χ3n) is 1.97. The summed E-state index contributed by atoms with van der Waals surface area (Å²) in [5, 5.41) is 11.2. The smallest absolute Gasteiger partial charge is 0.407 e. The fourth-order valence-electron chi connectivity index (χ4n) is 1.21. The van der Waals surface area contributed by atoms with E-state index in [2.05, 4.69) is 10.3 Å². The molecule has 1 amide bonds. The molecule has 5 heteroatoms. The minimum absolute atomic E-state index is 0.358. The van der Waals surface area contributed by atoms with E-state index < -0.39 is 11.7 Å². The van der Waals surface area contributed by atoms with Gasteiger partial charge in [0.2, 0.25) is 0 Å². The Labute approximate surface area is 112 Å². The maximum Gasteiger partial charge on any atom is 0.407 e. The van der Waals surface area contributed by atoms with Gasteiger partial charge < -0.3 is 10.1 Å². The largest absolute Gasteiger partial charge is 0.444 e. The van der Waals surface area contributed by atoms with E-state index in [1.54, 1.807) is 24.3 Å². The lowest BCUT2D eigenvalue weighted by Crippen LogP contribution is -2.32. The van der Waals surface area contributed by atoms with Crippen molar-refractivity contribution in [1.29, 1.82) is 5.26 Å². The molecule has 0 saturated heterocycles. The molecule has 1 N–H and O–H groups in total. The van der Waals surface area contributed by atoms with Crippen LogP contribution in [0, 0.1) is 11.3 Å². The number of pyridine rings is 1. The fraction of sp³-hybridized carbons (Fsp3) is 0.357. The second kappa shape index (κ2) is 6.55. The van der Waals surface area contributed by atoms with Crippen LogP contribution in [-0.2, 0) is 4.74 Å². The van der Waals surface area contributed by atoms with Gasteiger partial charge in [0, 0.05) is 12.7 Å². The highest BCUT2D eigenvalue weighted by molar-refractivity contribution is 5.68. The van der Waals surface area contributed by atoms with Crippen LogP contribution in [0.15, 0.2) is 24.4 Å². The third kappa shape index (κ3) is 6.22. The number of nitriles is 1. The molecule has 0 aliphatic rings. The highest BCUT2D eigenvalue weighted by atomic mass is 16.6. The molecular formula is C14H17N3O2. The summed E-state index contributed by atoms with van der Waals surface area (Å²) in [7, 11) is 0. The monoisotopic (exact) mass is 259 g/mol. The molecule has 1 heterocycles. The molecular weight excluding hydrogens is 242 g/mol. The Morgan fingerprint density at radius 1 is 1.53 bits per heavy atom. The lowest BCUT2D eigenvalue weighted by molar-refractivity contribution is 0.0534. The number of ether oxygens (including phenoxy) is 1. The van der Waals surface area contributed by atoms with Crippen LogP contribution in [0.4, 0.5) is 4.79 Å². The summed E-state index contributed by atoms with van der Waals surface area (Å²) >= 11 is 0. The van der Waals surface area contributed by atoms with Crippen LogP contribution < -0.4 is 5.32 Å². The zero-order chi connectivity index (χ0) is 14.3. The van der Waals surface area contributed by atoms with Crippen LogP contribution >= 0.6 is 0 Å². The minimum atomic E-state index is -0.498. The quantitative estimate of drug-likeness (QED) is 0.904. The van der Waals surface area contributed by atoms with Crippen molar-refractivity contribution in [3.8, 4) is 6.07 Å². The summed E-state index contributed by atoms with van der Waals surface area (Å²) in [6.45, 7) is 5.78. The number of carbonyl (C=O) groups excluding carboxylic acids is 1. The van der Waals surface area contributed by atoms with E-state index in [1.165, 1.54) is 6.20 Å². The highest BCUT2D eigenvalue weighted by Crippen LogP contribution is 2.06. The van der Waals surface area contributed by atoms with Crippen LogP contribution in [0.5, 0.6) is 0 Å². The number of amides is 1. The number of aromatic nitrogens is 1. The van der Waals surface area contributed by atoms with Crippen molar-refractivity contribution in [3.63, 3.8) is 0 Å². The fourth-order valence-corrected chi connectivity index (χ4v) is 1.21. The molecule has 0 atom stereocenters. The Hall–Kier alpha value is -2.35. The van der Waals surface area contributed by atoms with E-state index in [4.69, 9.17) is 10.00 Å². The van der Waals surface area contributed by atoms with Crippen LogP contribution in [0.2, 0.25) is 0 Å². The average molecular weight is 259 g/mol. The molecule has 0 bridgehead atoms. The standard InChI is InChI=1S/C14H17N3O2/c1-14(2,3)19-13(18)16-8-4-5-12-7-6-11(9-15)10-17-12/h4-7,10H,8H2,1-3H3,(H,16,18).